The van der Waals surface area contributed by atoms with Gasteiger partial charge in [0, 0.05) is 12.2 Å². The van der Waals surface area contributed by atoms with Crippen molar-refractivity contribution in [3.8, 4) is 11.5 Å². The van der Waals surface area contributed by atoms with E-state index < -0.39 is 11.8 Å². The van der Waals surface area contributed by atoms with Crippen LogP contribution in [0, 0.1) is 0 Å². The number of benzene rings is 2. The predicted molar refractivity (Wildman–Crippen MR) is 117 cm³/mol. The number of rotatable bonds is 9. The molecule has 0 aliphatic carbocycles. The first-order chi connectivity index (χ1) is 15.1. The number of amides is 2. The van der Waals surface area contributed by atoms with E-state index in [1.54, 1.807) is 24.3 Å². The molecule has 2 N–H and O–H groups in total. The van der Waals surface area contributed by atoms with Crippen molar-refractivity contribution < 1.29 is 23.8 Å². The van der Waals surface area contributed by atoms with Crippen molar-refractivity contribution in [1.82, 2.24) is 10.9 Å². The Bertz CT molecular complexity index is 863. The molecule has 0 aromatic heterocycles. The van der Waals surface area contributed by atoms with Crippen molar-refractivity contribution in [2.75, 3.05) is 19.8 Å². The van der Waals surface area contributed by atoms with Crippen molar-refractivity contribution in [2.45, 2.75) is 45.1 Å². The smallest absolute Gasteiger partial charge is 0.276 e. The van der Waals surface area contributed by atoms with Crippen molar-refractivity contribution in [3.63, 3.8) is 0 Å². The minimum absolute atomic E-state index is 0.137. The van der Waals surface area contributed by atoms with Crippen molar-refractivity contribution >= 4 is 11.8 Å². The lowest BCUT2D eigenvalue weighted by Gasteiger charge is -2.15. The summed E-state index contributed by atoms with van der Waals surface area (Å²) >= 11 is 0. The number of hydrogen-bond donors (Lipinski definition) is 2. The van der Waals surface area contributed by atoms with E-state index in [0.29, 0.717) is 29.6 Å². The lowest BCUT2D eigenvalue weighted by molar-refractivity contribution is -0.123. The molecule has 2 amide bonds. The predicted octanol–water partition coefficient (Wildman–Crippen LogP) is 3.60. The summed E-state index contributed by atoms with van der Waals surface area (Å²) in [6, 6.07) is 14.4. The Kier molecular flexibility index (Phi) is 8.29. The van der Waals surface area contributed by atoms with Crippen LogP contribution in [0.1, 0.15) is 54.9 Å². The zero-order valence-electron chi connectivity index (χ0n) is 18.1. The second-order valence-corrected chi connectivity index (χ2v) is 7.61. The second kappa shape index (κ2) is 11.4. The van der Waals surface area contributed by atoms with E-state index in [1.807, 2.05) is 24.3 Å². The third-order valence-corrected chi connectivity index (χ3v) is 5.31. The highest BCUT2D eigenvalue weighted by Gasteiger charge is 2.16. The van der Waals surface area contributed by atoms with Crippen LogP contribution in [0.15, 0.2) is 48.5 Å². The molecular weight excluding hydrogens is 396 g/mol. The van der Waals surface area contributed by atoms with E-state index in [1.165, 1.54) is 0 Å². The Balaban J connectivity index is 1.42. The fraction of sp³-hybridized carbons (Fsp3) is 0.417. The first kappa shape index (κ1) is 22.6. The van der Waals surface area contributed by atoms with Gasteiger partial charge >= 0.3 is 0 Å². The van der Waals surface area contributed by atoms with Crippen LogP contribution >= 0.6 is 0 Å². The monoisotopic (exact) mass is 426 g/mol. The fourth-order valence-corrected chi connectivity index (χ4v) is 3.28. The Morgan fingerprint density at radius 1 is 1.10 bits per heavy atom. The number of para-hydroxylation sites is 1. The van der Waals surface area contributed by atoms with Crippen molar-refractivity contribution in [3.05, 3.63) is 59.7 Å². The summed E-state index contributed by atoms with van der Waals surface area (Å²) in [5.74, 6) is 0.820. The molecule has 2 unspecified atom stereocenters. The van der Waals surface area contributed by atoms with Crippen LogP contribution in [0.2, 0.25) is 0 Å². The third kappa shape index (κ3) is 6.72. The Labute approximate surface area is 183 Å². The van der Waals surface area contributed by atoms with E-state index in [4.69, 9.17) is 14.2 Å². The lowest BCUT2D eigenvalue weighted by atomic mass is 9.98. The number of nitrogens with one attached hydrogen (secondary N) is 2. The molecular formula is C24H30N2O5. The number of ether oxygens (including phenoxy) is 3. The van der Waals surface area contributed by atoms with Gasteiger partial charge in [-0.05, 0) is 61.1 Å². The topological polar surface area (TPSA) is 85.9 Å². The molecule has 1 aliphatic heterocycles. The minimum atomic E-state index is -0.441. The number of carbonyl (C=O) groups excluding carboxylic acids is 2. The largest absolute Gasteiger partial charge is 0.491 e. The summed E-state index contributed by atoms with van der Waals surface area (Å²) < 4.78 is 16.9. The van der Waals surface area contributed by atoms with Crippen LogP contribution in [0.3, 0.4) is 0 Å². The van der Waals surface area contributed by atoms with Gasteiger partial charge in [-0.1, -0.05) is 32.0 Å². The van der Waals surface area contributed by atoms with E-state index >= 15 is 0 Å². The molecule has 0 bridgehead atoms. The summed E-state index contributed by atoms with van der Waals surface area (Å²) in [5, 5.41) is 0. The molecule has 31 heavy (non-hydrogen) atoms. The van der Waals surface area contributed by atoms with E-state index in [9.17, 15) is 9.59 Å². The molecule has 166 valence electrons. The van der Waals surface area contributed by atoms with Gasteiger partial charge in [0.1, 0.15) is 18.1 Å². The van der Waals surface area contributed by atoms with Crippen LogP contribution in [0.5, 0.6) is 11.5 Å². The highest BCUT2D eigenvalue weighted by molar-refractivity contribution is 5.95. The molecule has 7 heteroatoms. The van der Waals surface area contributed by atoms with Crippen LogP contribution in [0.4, 0.5) is 0 Å². The van der Waals surface area contributed by atoms with E-state index in [2.05, 4.69) is 24.7 Å². The Morgan fingerprint density at radius 2 is 1.87 bits per heavy atom. The van der Waals surface area contributed by atoms with Crippen molar-refractivity contribution in [1.29, 1.82) is 0 Å². The molecule has 1 aliphatic rings. The average molecular weight is 427 g/mol. The van der Waals surface area contributed by atoms with Gasteiger partial charge in [0.25, 0.3) is 11.8 Å². The highest BCUT2D eigenvalue weighted by atomic mass is 16.5. The molecule has 1 saturated heterocycles. The van der Waals surface area contributed by atoms with Gasteiger partial charge in [0.15, 0.2) is 6.61 Å². The quantitative estimate of drug-likeness (QED) is 0.599. The summed E-state index contributed by atoms with van der Waals surface area (Å²) in [6.07, 6.45) is 3.18. The summed E-state index contributed by atoms with van der Waals surface area (Å²) in [6.45, 7) is 5.31. The van der Waals surface area contributed by atoms with Gasteiger partial charge in [-0.3, -0.25) is 20.4 Å². The van der Waals surface area contributed by atoms with Gasteiger partial charge in [0.05, 0.1) is 6.10 Å². The number of hydrogen-bond acceptors (Lipinski definition) is 5. The first-order valence-corrected chi connectivity index (χ1v) is 10.7. The molecule has 0 spiro atoms. The summed E-state index contributed by atoms with van der Waals surface area (Å²) in [4.78, 5) is 24.3. The Morgan fingerprint density at radius 3 is 2.58 bits per heavy atom. The van der Waals surface area contributed by atoms with Crippen LogP contribution < -0.4 is 20.3 Å². The maximum Gasteiger partial charge on any atom is 0.276 e. The molecule has 7 nitrogen and oxygen atoms in total. The number of carbonyl (C=O) groups is 2. The fourth-order valence-electron chi connectivity index (χ4n) is 3.28. The highest BCUT2D eigenvalue weighted by Crippen LogP contribution is 2.28. The molecule has 2 aromatic carbocycles. The normalized spacial score (nSPS) is 16.4. The van der Waals surface area contributed by atoms with E-state index in [0.717, 1.165) is 31.4 Å². The molecule has 0 radical (unpaired) electrons. The van der Waals surface area contributed by atoms with Crippen LogP contribution in [-0.4, -0.2) is 37.7 Å². The second-order valence-electron chi connectivity index (χ2n) is 7.61. The maximum absolute atomic E-state index is 12.3. The first-order valence-electron chi connectivity index (χ1n) is 10.7. The van der Waals surface area contributed by atoms with Gasteiger partial charge in [-0.2, -0.15) is 0 Å². The zero-order chi connectivity index (χ0) is 22.1. The van der Waals surface area contributed by atoms with E-state index in [-0.39, 0.29) is 12.7 Å². The minimum Gasteiger partial charge on any atom is -0.491 e. The van der Waals surface area contributed by atoms with Crippen LogP contribution in [0.25, 0.3) is 0 Å². The third-order valence-electron chi connectivity index (χ3n) is 5.31. The van der Waals surface area contributed by atoms with Gasteiger partial charge in [-0.15, -0.1) is 0 Å². The molecule has 2 aromatic rings. The molecule has 1 heterocycles. The average Bonchev–Trinajstić information content (AvgIpc) is 3.33. The molecule has 0 saturated carbocycles. The summed E-state index contributed by atoms with van der Waals surface area (Å²) in [7, 11) is 0. The van der Waals surface area contributed by atoms with Crippen molar-refractivity contribution in [2.24, 2.45) is 0 Å². The molecule has 1 fully saturated rings. The standard InChI is InChI=1S/C24H30N2O5/c1-3-17(2)21-8-4-5-9-22(21)31-16-23(27)25-26-24(28)18-10-12-19(13-11-18)30-15-20-7-6-14-29-20/h4-5,8-13,17,20H,3,6-7,14-16H2,1-2H3,(H,25,27)(H,26,28). The zero-order valence-corrected chi connectivity index (χ0v) is 18.1. The maximum atomic E-state index is 12.3. The van der Waals surface area contributed by atoms with Gasteiger partial charge in [-0.25, -0.2) is 0 Å². The molecule has 3 rings (SSSR count). The van der Waals surface area contributed by atoms with Gasteiger partial charge in [0.2, 0.25) is 0 Å². The summed E-state index contributed by atoms with van der Waals surface area (Å²) in [5.41, 5.74) is 6.25. The van der Waals surface area contributed by atoms with Crippen LogP contribution in [-0.2, 0) is 9.53 Å². The Hall–Kier alpha value is -3.06. The number of hydrazine groups is 1. The lowest BCUT2D eigenvalue weighted by Crippen LogP contribution is -2.43. The van der Waals surface area contributed by atoms with Gasteiger partial charge < -0.3 is 14.2 Å². The molecule has 2 atom stereocenters. The SMILES string of the molecule is CCC(C)c1ccccc1OCC(=O)NNC(=O)c1ccc(OCC2CCCO2)cc1.